The van der Waals surface area contributed by atoms with E-state index in [1.807, 2.05) is 0 Å². The maximum atomic E-state index is 13.9. The molecule has 0 bridgehead atoms. The summed E-state index contributed by atoms with van der Waals surface area (Å²) in [7, 11) is 0. The van der Waals surface area contributed by atoms with Gasteiger partial charge in [-0.25, -0.2) is 8.78 Å². The lowest BCUT2D eigenvalue weighted by Gasteiger charge is -2.15. The van der Waals surface area contributed by atoms with Crippen LogP contribution >= 0.6 is 28.3 Å². The average Bonchev–Trinajstić information content (AvgIpc) is 2.76. The first-order valence-electron chi connectivity index (χ1n) is 9.89. The molecule has 6 nitrogen and oxygen atoms in total. The summed E-state index contributed by atoms with van der Waals surface area (Å²) in [6.45, 7) is 2.48. The maximum Gasteiger partial charge on any atom is 0.273 e. The second-order valence-electron chi connectivity index (χ2n) is 7.08. The molecule has 0 atom stereocenters. The van der Waals surface area contributed by atoms with Crippen molar-refractivity contribution < 1.29 is 18.3 Å². The molecule has 176 valence electrons. The van der Waals surface area contributed by atoms with Crippen LogP contribution in [0.15, 0.2) is 57.8 Å². The Balaban J connectivity index is 0.00000385. The minimum Gasteiger partial charge on any atom is -0.487 e. The molecule has 33 heavy (non-hydrogen) atoms. The predicted octanol–water partition coefficient (Wildman–Crippen LogP) is 4.27. The fraction of sp³-hybridized carbons (Fsp3) is 0.217. The van der Waals surface area contributed by atoms with Gasteiger partial charge in [-0.2, -0.15) is 0 Å². The molecule has 1 heterocycles. The molecule has 0 unspecified atom stereocenters. The van der Waals surface area contributed by atoms with Crippen molar-refractivity contribution in [2.45, 2.75) is 20.0 Å². The lowest BCUT2D eigenvalue weighted by Crippen LogP contribution is -2.26. The number of nitrogens with two attached hydrogens (primary N) is 1. The summed E-state index contributed by atoms with van der Waals surface area (Å²) in [5.74, 6) is -1.44. The molecule has 0 fully saturated rings. The maximum absolute atomic E-state index is 13.9. The van der Waals surface area contributed by atoms with E-state index >= 15 is 0 Å². The van der Waals surface area contributed by atoms with Crippen molar-refractivity contribution in [3.05, 3.63) is 91.8 Å². The van der Waals surface area contributed by atoms with Gasteiger partial charge >= 0.3 is 0 Å². The summed E-state index contributed by atoms with van der Waals surface area (Å²) < 4.78 is 34.1. The van der Waals surface area contributed by atoms with E-state index in [0.717, 1.165) is 12.1 Å². The smallest absolute Gasteiger partial charge is 0.273 e. The van der Waals surface area contributed by atoms with Crippen LogP contribution in [0.4, 0.5) is 8.78 Å². The molecule has 0 aliphatic rings. The highest BCUT2D eigenvalue weighted by atomic mass is 79.9. The number of hydrogen-bond acceptors (Lipinski definition) is 4. The molecule has 3 rings (SSSR count). The molecule has 0 aliphatic carbocycles. The Morgan fingerprint density at radius 3 is 2.64 bits per heavy atom. The van der Waals surface area contributed by atoms with Gasteiger partial charge in [-0.3, -0.25) is 14.2 Å². The van der Waals surface area contributed by atoms with Crippen LogP contribution in [0.3, 0.4) is 0 Å². The van der Waals surface area contributed by atoms with Crippen LogP contribution in [-0.4, -0.2) is 23.6 Å². The lowest BCUT2D eigenvalue weighted by atomic mass is 10.1. The molecular formula is C23H23BrClF2N3O3. The average molecular weight is 543 g/mol. The number of nitrogens with zero attached hydrogens (tertiary/aromatic N) is 1. The Morgan fingerprint density at radius 1 is 1.18 bits per heavy atom. The van der Waals surface area contributed by atoms with Gasteiger partial charge in [0.05, 0.1) is 0 Å². The fourth-order valence-corrected chi connectivity index (χ4v) is 3.50. The summed E-state index contributed by atoms with van der Waals surface area (Å²) in [6, 6.07) is 11.5. The van der Waals surface area contributed by atoms with E-state index in [1.54, 1.807) is 37.3 Å². The monoisotopic (exact) mass is 541 g/mol. The molecule has 10 heteroatoms. The number of carbonyl (C=O) groups excluding carboxylic acids is 1. The molecule has 0 radical (unpaired) electrons. The van der Waals surface area contributed by atoms with Gasteiger partial charge in [0.15, 0.2) is 0 Å². The molecule has 2 aromatic carbocycles. The van der Waals surface area contributed by atoms with E-state index in [0.29, 0.717) is 36.5 Å². The van der Waals surface area contributed by atoms with Gasteiger partial charge < -0.3 is 15.8 Å². The highest BCUT2D eigenvalue weighted by molar-refractivity contribution is 9.10. The molecule has 0 saturated heterocycles. The zero-order valence-corrected chi connectivity index (χ0v) is 20.1. The van der Waals surface area contributed by atoms with Gasteiger partial charge in [-0.05, 0) is 66.2 Å². The number of halogens is 4. The van der Waals surface area contributed by atoms with Crippen molar-refractivity contribution in [3.8, 4) is 11.4 Å². The predicted molar refractivity (Wildman–Crippen MR) is 128 cm³/mol. The van der Waals surface area contributed by atoms with Gasteiger partial charge in [0.1, 0.15) is 28.5 Å². The summed E-state index contributed by atoms with van der Waals surface area (Å²) in [5.41, 5.74) is 6.67. The minimum atomic E-state index is -0.729. The molecule has 3 aromatic rings. The number of ether oxygens (including phenoxy) is 1. The highest BCUT2D eigenvalue weighted by Crippen LogP contribution is 2.25. The van der Waals surface area contributed by atoms with Gasteiger partial charge in [0.25, 0.3) is 11.5 Å². The van der Waals surface area contributed by atoms with Crippen molar-refractivity contribution in [1.82, 2.24) is 9.88 Å². The van der Waals surface area contributed by atoms with Crippen LogP contribution in [0, 0.1) is 18.6 Å². The first kappa shape index (κ1) is 26.5. The third kappa shape index (κ3) is 6.40. The van der Waals surface area contributed by atoms with Crippen LogP contribution < -0.4 is 21.3 Å². The number of amides is 1. The zero-order valence-electron chi connectivity index (χ0n) is 17.7. The van der Waals surface area contributed by atoms with Gasteiger partial charge in [-0.1, -0.05) is 6.07 Å². The standard InChI is InChI=1S/C23H22BrF2N3O3.ClH/c1-14-10-20(32-13-16-6-7-17(25)12-19(16)26)21(24)23(31)29(14)18-5-2-4-15(11-18)22(30)28-9-3-8-27;/h2,4-7,10-12H,3,8-9,13,27H2,1H3,(H,28,30);1H. The molecule has 0 saturated carbocycles. The van der Waals surface area contributed by atoms with E-state index < -0.39 is 17.2 Å². The fourth-order valence-electron chi connectivity index (χ4n) is 3.09. The SMILES string of the molecule is Cc1cc(OCc2ccc(F)cc2F)c(Br)c(=O)n1-c1cccc(C(=O)NCCCN)c1.Cl. The molecule has 0 aliphatic heterocycles. The molecule has 3 N–H and O–H groups in total. The zero-order chi connectivity index (χ0) is 23.3. The molecule has 1 amide bonds. The second-order valence-corrected chi connectivity index (χ2v) is 7.87. The second kappa shape index (κ2) is 11.9. The van der Waals surface area contributed by atoms with Crippen molar-refractivity contribution in [3.63, 3.8) is 0 Å². The Hall–Kier alpha value is -2.75. The third-order valence-electron chi connectivity index (χ3n) is 4.73. The molecular weight excluding hydrogens is 520 g/mol. The third-order valence-corrected chi connectivity index (χ3v) is 5.46. The highest BCUT2D eigenvalue weighted by Gasteiger charge is 2.16. The van der Waals surface area contributed by atoms with Gasteiger partial charge in [-0.15, -0.1) is 12.4 Å². The van der Waals surface area contributed by atoms with E-state index in [1.165, 1.54) is 10.6 Å². The van der Waals surface area contributed by atoms with Crippen molar-refractivity contribution >= 4 is 34.2 Å². The van der Waals surface area contributed by atoms with Gasteiger partial charge in [0, 0.05) is 41.2 Å². The number of pyridine rings is 1. The number of hydrogen-bond donors (Lipinski definition) is 2. The summed E-state index contributed by atoms with van der Waals surface area (Å²) in [6.07, 6.45) is 0.667. The Labute approximate surface area is 204 Å². The normalized spacial score (nSPS) is 10.5. The Kier molecular flexibility index (Phi) is 9.57. The Morgan fingerprint density at radius 2 is 1.94 bits per heavy atom. The van der Waals surface area contributed by atoms with Crippen LogP contribution in [0.5, 0.6) is 5.75 Å². The number of aryl methyl sites for hydroxylation is 1. The molecule has 0 spiro atoms. The van der Waals surface area contributed by atoms with Crippen molar-refractivity contribution in [1.29, 1.82) is 0 Å². The van der Waals surface area contributed by atoms with Crippen molar-refractivity contribution in [2.75, 3.05) is 13.1 Å². The summed E-state index contributed by atoms with van der Waals surface area (Å²) in [5, 5.41) is 2.78. The Bertz CT molecular complexity index is 1200. The van der Waals surface area contributed by atoms with Crippen LogP contribution in [0.2, 0.25) is 0 Å². The van der Waals surface area contributed by atoms with Crippen molar-refractivity contribution in [2.24, 2.45) is 5.73 Å². The number of aromatic nitrogens is 1. The summed E-state index contributed by atoms with van der Waals surface area (Å²) in [4.78, 5) is 25.4. The first-order chi connectivity index (χ1) is 15.3. The first-order valence-corrected chi connectivity index (χ1v) is 10.7. The van der Waals surface area contributed by atoms with E-state index in [2.05, 4.69) is 21.2 Å². The van der Waals surface area contributed by atoms with E-state index in [9.17, 15) is 18.4 Å². The number of benzene rings is 2. The quantitative estimate of drug-likeness (QED) is 0.417. The van der Waals surface area contributed by atoms with Crippen LogP contribution in [-0.2, 0) is 6.61 Å². The molecule has 1 aromatic heterocycles. The number of nitrogens with one attached hydrogen (secondary N) is 1. The largest absolute Gasteiger partial charge is 0.487 e. The van der Waals surface area contributed by atoms with Crippen LogP contribution in [0.1, 0.15) is 28.0 Å². The van der Waals surface area contributed by atoms with Crippen LogP contribution in [0.25, 0.3) is 5.69 Å². The van der Waals surface area contributed by atoms with E-state index in [-0.39, 0.29) is 40.7 Å². The summed E-state index contributed by atoms with van der Waals surface area (Å²) >= 11 is 3.25. The minimum absolute atomic E-state index is 0. The van der Waals surface area contributed by atoms with Gasteiger partial charge in [0.2, 0.25) is 0 Å². The van der Waals surface area contributed by atoms with E-state index in [4.69, 9.17) is 10.5 Å². The number of rotatable bonds is 8. The topological polar surface area (TPSA) is 86.3 Å². The number of carbonyl (C=O) groups is 1. The lowest BCUT2D eigenvalue weighted by molar-refractivity contribution is 0.0953.